The highest BCUT2D eigenvalue weighted by Gasteiger charge is 2.19. The zero-order valence-electron chi connectivity index (χ0n) is 14.8. The summed E-state index contributed by atoms with van der Waals surface area (Å²) >= 11 is 0. The molecule has 2 nitrogen and oxygen atoms in total. The van der Waals surface area contributed by atoms with Gasteiger partial charge in [-0.1, -0.05) is 53.2 Å². The van der Waals surface area contributed by atoms with E-state index in [9.17, 15) is 0 Å². The van der Waals surface area contributed by atoms with E-state index in [1.807, 2.05) is 0 Å². The van der Waals surface area contributed by atoms with Crippen LogP contribution in [0, 0.1) is 6.92 Å². The molecule has 1 atom stereocenters. The van der Waals surface area contributed by atoms with Crippen molar-refractivity contribution in [2.45, 2.75) is 72.3 Å². The molecule has 1 unspecified atom stereocenters. The minimum absolute atomic E-state index is 0.111. The number of nitrogens with one attached hydrogen (secondary N) is 1. The second kappa shape index (κ2) is 8.43. The maximum absolute atomic E-state index is 6.19. The van der Waals surface area contributed by atoms with E-state index < -0.39 is 0 Å². The van der Waals surface area contributed by atoms with E-state index in [0.29, 0.717) is 6.04 Å². The largest absolute Gasteiger partial charge is 0.492 e. The van der Waals surface area contributed by atoms with Gasteiger partial charge >= 0.3 is 0 Å². The van der Waals surface area contributed by atoms with Crippen LogP contribution < -0.4 is 10.1 Å². The molecule has 0 heterocycles. The average molecular weight is 291 g/mol. The van der Waals surface area contributed by atoms with Crippen molar-refractivity contribution in [3.05, 3.63) is 29.3 Å². The van der Waals surface area contributed by atoms with Gasteiger partial charge in [-0.15, -0.1) is 0 Å². The fraction of sp³-hybridized carbons (Fsp3) is 0.684. The van der Waals surface area contributed by atoms with Crippen molar-refractivity contribution >= 4 is 0 Å². The molecule has 0 saturated heterocycles. The number of hydrogen-bond acceptors (Lipinski definition) is 2. The van der Waals surface area contributed by atoms with Gasteiger partial charge in [0.15, 0.2) is 0 Å². The Balaban J connectivity index is 2.78. The molecule has 0 aromatic heterocycles. The number of rotatable bonds is 8. The zero-order valence-corrected chi connectivity index (χ0v) is 14.8. The van der Waals surface area contributed by atoms with Crippen LogP contribution in [0.1, 0.15) is 65.0 Å². The van der Waals surface area contributed by atoms with Gasteiger partial charge in [-0.05, 0) is 48.9 Å². The van der Waals surface area contributed by atoms with Gasteiger partial charge in [0, 0.05) is 6.04 Å². The highest BCUT2D eigenvalue weighted by Crippen LogP contribution is 2.32. The smallest absolute Gasteiger partial charge is 0.123 e. The van der Waals surface area contributed by atoms with Crippen LogP contribution in [0.25, 0.3) is 0 Å². The summed E-state index contributed by atoms with van der Waals surface area (Å²) in [5, 5.41) is 3.59. The van der Waals surface area contributed by atoms with Crippen LogP contribution in [0.5, 0.6) is 5.75 Å². The van der Waals surface area contributed by atoms with Crippen LogP contribution in [-0.2, 0) is 5.41 Å². The first-order valence-electron chi connectivity index (χ1n) is 8.35. The maximum Gasteiger partial charge on any atom is 0.123 e. The molecule has 2 heteroatoms. The van der Waals surface area contributed by atoms with Crippen molar-refractivity contribution in [2.75, 3.05) is 13.2 Å². The average Bonchev–Trinajstić information content (AvgIpc) is 2.40. The normalized spacial score (nSPS) is 13.2. The summed E-state index contributed by atoms with van der Waals surface area (Å²) in [6.07, 6.45) is 3.51. The van der Waals surface area contributed by atoms with E-state index in [1.54, 1.807) is 0 Å². The number of benzene rings is 1. The molecular weight excluding hydrogens is 258 g/mol. The van der Waals surface area contributed by atoms with Gasteiger partial charge in [0.25, 0.3) is 0 Å². The highest BCUT2D eigenvalue weighted by atomic mass is 16.5. The Labute approximate surface area is 131 Å². The summed E-state index contributed by atoms with van der Waals surface area (Å²) in [4.78, 5) is 0. The first-order valence-corrected chi connectivity index (χ1v) is 8.35. The van der Waals surface area contributed by atoms with E-state index in [0.717, 1.165) is 31.7 Å². The van der Waals surface area contributed by atoms with Gasteiger partial charge in [0.2, 0.25) is 0 Å². The Kier molecular flexibility index (Phi) is 7.24. The first-order chi connectivity index (χ1) is 9.88. The number of hydrogen-bond donors (Lipinski definition) is 1. The van der Waals surface area contributed by atoms with Crippen LogP contribution in [-0.4, -0.2) is 19.2 Å². The van der Waals surface area contributed by atoms with Gasteiger partial charge < -0.3 is 10.1 Å². The fourth-order valence-corrected chi connectivity index (χ4v) is 2.50. The third-order valence-corrected chi connectivity index (χ3v) is 3.71. The monoisotopic (exact) mass is 291 g/mol. The predicted molar refractivity (Wildman–Crippen MR) is 92.4 cm³/mol. The Morgan fingerprint density at radius 1 is 1.14 bits per heavy atom. The first kappa shape index (κ1) is 18.0. The van der Waals surface area contributed by atoms with Crippen molar-refractivity contribution < 1.29 is 4.74 Å². The Bertz CT molecular complexity index is 420. The summed E-state index contributed by atoms with van der Waals surface area (Å²) in [6.45, 7) is 15.1. The predicted octanol–water partition coefficient (Wildman–Crippen LogP) is 4.84. The summed E-state index contributed by atoms with van der Waals surface area (Å²) < 4.78 is 6.19. The van der Waals surface area contributed by atoms with Gasteiger partial charge in [-0.3, -0.25) is 0 Å². The van der Waals surface area contributed by atoms with Crippen LogP contribution in [0.2, 0.25) is 0 Å². The van der Waals surface area contributed by atoms with E-state index in [4.69, 9.17) is 4.74 Å². The standard InChI is InChI=1S/C19H33NO/c1-7-9-16(20-12-8-2)14-21-18-13-15(3)10-11-17(18)19(4,5)6/h10-11,13,16,20H,7-9,12,14H2,1-6H3. The maximum atomic E-state index is 6.19. The van der Waals surface area contributed by atoms with Crippen molar-refractivity contribution in [1.82, 2.24) is 5.32 Å². The zero-order chi connectivity index (χ0) is 15.9. The third-order valence-electron chi connectivity index (χ3n) is 3.71. The van der Waals surface area contributed by atoms with Gasteiger partial charge in [-0.2, -0.15) is 0 Å². The second-order valence-electron chi connectivity index (χ2n) is 7.00. The molecule has 0 amide bonds. The molecule has 0 radical (unpaired) electrons. The third kappa shape index (κ3) is 6.09. The molecule has 0 bridgehead atoms. The molecule has 1 rings (SSSR count). The lowest BCUT2D eigenvalue weighted by molar-refractivity contribution is 0.251. The van der Waals surface area contributed by atoms with E-state index >= 15 is 0 Å². The molecule has 21 heavy (non-hydrogen) atoms. The minimum atomic E-state index is 0.111. The fourth-order valence-electron chi connectivity index (χ4n) is 2.50. The van der Waals surface area contributed by atoms with E-state index in [1.165, 1.54) is 17.5 Å². The molecule has 1 aromatic carbocycles. The van der Waals surface area contributed by atoms with Crippen LogP contribution in [0.15, 0.2) is 18.2 Å². The molecule has 0 aliphatic rings. The van der Waals surface area contributed by atoms with Crippen molar-refractivity contribution in [1.29, 1.82) is 0 Å². The molecule has 0 fully saturated rings. The Morgan fingerprint density at radius 2 is 1.86 bits per heavy atom. The Morgan fingerprint density at radius 3 is 2.43 bits per heavy atom. The quantitative estimate of drug-likeness (QED) is 0.740. The minimum Gasteiger partial charge on any atom is -0.492 e. The second-order valence-corrected chi connectivity index (χ2v) is 7.00. The van der Waals surface area contributed by atoms with Crippen molar-refractivity contribution in [3.8, 4) is 5.75 Å². The summed E-state index contributed by atoms with van der Waals surface area (Å²) in [7, 11) is 0. The van der Waals surface area contributed by atoms with Crippen molar-refractivity contribution in [3.63, 3.8) is 0 Å². The molecule has 0 spiro atoms. The van der Waals surface area contributed by atoms with Crippen LogP contribution >= 0.6 is 0 Å². The van der Waals surface area contributed by atoms with Crippen LogP contribution in [0.3, 0.4) is 0 Å². The molecule has 120 valence electrons. The summed E-state index contributed by atoms with van der Waals surface area (Å²) in [5.74, 6) is 1.04. The van der Waals surface area contributed by atoms with Gasteiger partial charge in [-0.25, -0.2) is 0 Å². The lowest BCUT2D eigenvalue weighted by Crippen LogP contribution is -2.35. The molecule has 1 N–H and O–H groups in total. The lowest BCUT2D eigenvalue weighted by Gasteiger charge is -2.25. The number of ether oxygens (including phenoxy) is 1. The van der Waals surface area contributed by atoms with E-state index in [2.05, 4.69) is 65.1 Å². The Hall–Kier alpha value is -1.02. The molecule has 0 aliphatic heterocycles. The molecule has 0 aliphatic carbocycles. The SMILES string of the molecule is CCCNC(CCC)COc1cc(C)ccc1C(C)(C)C. The summed E-state index contributed by atoms with van der Waals surface area (Å²) in [5.41, 5.74) is 2.66. The molecular formula is C19H33NO. The molecule has 0 saturated carbocycles. The van der Waals surface area contributed by atoms with Crippen molar-refractivity contribution in [2.24, 2.45) is 0 Å². The summed E-state index contributed by atoms with van der Waals surface area (Å²) in [6, 6.07) is 7.00. The topological polar surface area (TPSA) is 21.3 Å². The highest BCUT2D eigenvalue weighted by molar-refractivity contribution is 5.41. The molecule has 1 aromatic rings. The van der Waals surface area contributed by atoms with Gasteiger partial charge in [0.1, 0.15) is 12.4 Å². The van der Waals surface area contributed by atoms with E-state index in [-0.39, 0.29) is 5.41 Å². The lowest BCUT2D eigenvalue weighted by atomic mass is 9.86. The van der Waals surface area contributed by atoms with Gasteiger partial charge in [0.05, 0.1) is 0 Å². The number of aryl methyl sites for hydroxylation is 1. The van der Waals surface area contributed by atoms with Crippen LogP contribution in [0.4, 0.5) is 0 Å².